The van der Waals surface area contributed by atoms with Crippen LogP contribution in [0.5, 0.6) is 5.75 Å². The fraction of sp³-hybridized carbons (Fsp3) is 0.542. The molecule has 1 aliphatic heterocycles. The molecule has 0 bridgehead atoms. The summed E-state index contributed by atoms with van der Waals surface area (Å²) in [5.74, 6) is 1.55. The molecule has 1 aliphatic rings. The number of ether oxygens (including phenoxy) is 1. The molecule has 1 aromatic carbocycles. The van der Waals surface area contributed by atoms with E-state index >= 15 is 0 Å². The first-order valence-electron chi connectivity index (χ1n) is 11.8. The molecule has 0 amide bonds. The molecule has 35 heavy (non-hydrogen) atoms. The summed E-state index contributed by atoms with van der Waals surface area (Å²) in [6.45, 7) is 10.1. The van der Waals surface area contributed by atoms with Crippen LogP contribution < -0.4 is 19.9 Å². The van der Waals surface area contributed by atoms with E-state index in [1.165, 1.54) is 13.8 Å². The Hall–Kier alpha value is -2.66. The molecule has 4 rings (SSSR count). The van der Waals surface area contributed by atoms with Gasteiger partial charge in [-0.05, 0) is 56.4 Å². The largest absolute Gasteiger partial charge is 0.490 e. The minimum atomic E-state index is -1.40. The highest BCUT2D eigenvalue weighted by Crippen LogP contribution is 2.35. The molecular weight excluding hydrogens is 515 g/mol. The fourth-order valence-corrected chi connectivity index (χ4v) is 4.59. The predicted octanol–water partition coefficient (Wildman–Crippen LogP) is 3.85. The summed E-state index contributed by atoms with van der Waals surface area (Å²) in [7, 11) is 4.10. The van der Waals surface area contributed by atoms with Crippen molar-refractivity contribution in [3.8, 4) is 5.75 Å². The molecule has 2 N–H and O–H groups in total. The standard InChI is InChI=1S/C24H34BrFN8O/c1-16-18(27-6-7-32(4)5)12-17(35-14-24(2,3)26)13-19(16)33-8-10-34(11-9-33)23-20-21(25)30-31-22(20)28-15-29-23/h12-13,15,27H,6-11,14H2,1-5H3,(H,28,29,30,31). The summed E-state index contributed by atoms with van der Waals surface area (Å²) in [6.07, 6.45) is 1.56. The Kier molecular flexibility index (Phi) is 7.65. The van der Waals surface area contributed by atoms with Gasteiger partial charge in [-0.15, -0.1) is 0 Å². The lowest BCUT2D eigenvalue weighted by molar-refractivity contribution is 0.121. The van der Waals surface area contributed by atoms with E-state index in [4.69, 9.17) is 4.74 Å². The number of alkyl halides is 1. The zero-order valence-corrected chi connectivity index (χ0v) is 22.6. The lowest BCUT2D eigenvalue weighted by atomic mass is 10.1. The number of benzene rings is 1. The number of rotatable bonds is 9. The molecule has 2 aromatic heterocycles. The topological polar surface area (TPSA) is 85.4 Å². The third-order valence-corrected chi connectivity index (χ3v) is 6.59. The summed E-state index contributed by atoms with van der Waals surface area (Å²) in [4.78, 5) is 15.5. The minimum absolute atomic E-state index is 0.00368. The van der Waals surface area contributed by atoms with E-state index in [9.17, 15) is 4.39 Å². The number of hydrogen-bond donors (Lipinski definition) is 2. The summed E-state index contributed by atoms with van der Waals surface area (Å²) >= 11 is 3.53. The smallest absolute Gasteiger partial charge is 0.187 e. The number of piperazine rings is 1. The summed E-state index contributed by atoms with van der Waals surface area (Å²) in [5.41, 5.74) is 2.52. The average molecular weight is 549 g/mol. The van der Waals surface area contributed by atoms with Gasteiger partial charge < -0.3 is 24.8 Å². The van der Waals surface area contributed by atoms with Gasteiger partial charge in [0.2, 0.25) is 0 Å². The van der Waals surface area contributed by atoms with Gasteiger partial charge in [-0.1, -0.05) is 0 Å². The maximum Gasteiger partial charge on any atom is 0.187 e. The predicted molar refractivity (Wildman–Crippen MR) is 143 cm³/mol. The lowest BCUT2D eigenvalue weighted by Crippen LogP contribution is -2.47. The van der Waals surface area contributed by atoms with Crippen LogP contribution >= 0.6 is 15.9 Å². The van der Waals surface area contributed by atoms with Gasteiger partial charge in [0.15, 0.2) is 5.65 Å². The van der Waals surface area contributed by atoms with Crippen molar-refractivity contribution in [1.29, 1.82) is 0 Å². The molecule has 0 aliphatic carbocycles. The monoisotopic (exact) mass is 548 g/mol. The van der Waals surface area contributed by atoms with E-state index in [1.54, 1.807) is 6.33 Å². The van der Waals surface area contributed by atoms with Gasteiger partial charge in [-0.25, -0.2) is 14.4 Å². The van der Waals surface area contributed by atoms with E-state index in [2.05, 4.69) is 77.1 Å². The van der Waals surface area contributed by atoms with Crippen molar-refractivity contribution in [3.63, 3.8) is 0 Å². The van der Waals surface area contributed by atoms with Crippen LogP contribution in [0.2, 0.25) is 0 Å². The highest BCUT2D eigenvalue weighted by molar-refractivity contribution is 9.10. The molecule has 0 saturated carbocycles. The molecule has 0 atom stereocenters. The maximum atomic E-state index is 14.1. The number of hydrogen-bond acceptors (Lipinski definition) is 8. The molecule has 3 aromatic rings. The lowest BCUT2D eigenvalue weighted by Gasteiger charge is -2.38. The summed E-state index contributed by atoms with van der Waals surface area (Å²) in [5, 5.41) is 11.6. The Bertz CT molecular complexity index is 1150. The molecular formula is C24H34BrFN8O. The number of nitrogens with one attached hydrogen (secondary N) is 2. The van der Waals surface area contributed by atoms with Crippen LogP contribution in [0.1, 0.15) is 19.4 Å². The number of likely N-dealkylation sites (N-methyl/N-ethyl adjacent to an activating group) is 1. The second-order valence-electron chi connectivity index (χ2n) is 9.76. The summed E-state index contributed by atoms with van der Waals surface area (Å²) < 4.78 is 20.8. The van der Waals surface area contributed by atoms with Crippen molar-refractivity contribution >= 4 is 44.2 Å². The average Bonchev–Trinajstić information content (AvgIpc) is 3.20. The highest BCUT2D eigenvalue weighted by atomic mass is 79.9. The molecule has 1 fully saturated rings. The number of aromatic amines is 1. The molecule has 3 heterocycles. The minimum Gasteiger partial charge on any atom is -0.490 e. The van der Waals surface area contributed by atoms with Crippen LogP contribution in [0.4, 0.5) is 21.6 Å². The normalized spacial score (nSPS) is 14.7. The molecule has 0 radical (unpaired) electrons. The molecule has 9 nitrogen and oxygen atoms in total. The number of halogens is 2. The van der Waals surface area contributed by atoms with Gasteiger partial charge in [0.1, 0.15) is 34.8 Å². The fourth-order valence-electron chi connectivity index (χ4n) is 4.14. The van der Waals surface area contributed by atoms with Crippen molar-refractivity contribution in [1.82, 2.24) is 25.1 Å². The van der Waals surface area contributed by atoms with Crippen LogP contribution in [0.3, 0.4) is 0 Å². The van der Waals surface area contributed by atoms with Gasteiger partial charge in [0.05, 0.1) is 5.39 Å². The Morgan fingerprint density at radius 3 is 2.57 bits per heavy atom. The first kappa shape index (κ1) is 25.4. The zero-order chi connectivity index (χ0) is 25.2. The maximum absolute atomic E-state index is 14.1. The van der Waals surface area contributed by atoms with Crippen LogP contribution in [-0.4, -0.2) is 90.7 Å². The third-order valence-electron chi connectivity index (χ3n) is 6.02. The zero-order valence-electron chi connectivity index (χ0n) is 21.0. The van der Waals surface area contributed by atoms with E-state index in [0.29, 0.717) is 11.4 Å². The van der Waals surface area contributed by atoms with Crippen LogP contribution in [-0.2, 0) is 0 Å². The molecule has 0 spiro atoms. The Morgan fingerprint density at radius 1 is 1.17 bits per heavy atom. The van der Waals surface area contributed by atoms with Crippen LogP contribution in [0, 0.1) is 6.92 Å². The second kappa shape index (κ2) is 10.5. The van der Waals surface area contributed by atoms with Crippen LogP contribution in [0.25, 0.3) is 11.0 Å². The Balaban J connectivity index is 1.54. The quantitative estimate of drug-likeness (QED) is 0.417. The third kappa shape index (κ3) is 6.13. The van der Waals surface area contributed by atoms with E-state index < -0.39 is 5.67 Å². The molecule has 190 valence electrons. The first-order chi connectivity index (χ1) is 16.6. The van der Waals surface area contributed by atoms with Crippen molar-refractivity contribution < 1.29 is 9.13 Å². The number of anilines is 3. The number of nitrogens with zero attached hydrogens (tertiary/aromatic N) is 6. The van der Waals surface area contributed by atoms with Gasteiger partial charge in [0.25, 0.3) is 0 Å². The van der Waals surface area contributed by atoms with Crippen molar-refractivity contribution in [2.75, 3.05) is 75.1 Å². The number of aromatic nitrogens is 4. The van der Waals surface area contributed by atoms with Crippen molar-refractivity contribution in [2.45, 2.75) is 26.4 Å². The van der Waals surface area contributed by atoms with Crippen LogP contribution in [0.15, 0.2) is 23.1 Å². The van der Waals surface area contributed by atoms with Gasteiger partial charge in [-0.2, -0.15) is 5.10 Å². The second-order valence-corrected chi connectivity index (χ2v) is 10.6. The van der Waals surface area contributed by atoms with E-state index in [0.717, 1.165) is 72.0 Å². The van der Waals surface area contributed by atoms with Gasteiger partial charge in [-0.3, -0.25) is 5.10 Å². The van der Waals surface area contributed by atoms with E-state index in [1.807, 2.05) is 12.1 Å². The van der Waals surface area contributed by atoms with Crippen molar-refractivity contribution in [2.24, 2.45) is 0 Å². The van der Waals surface area contributed by atoms with E-state index in [-0.39, 0.29) is 6.61 Å². The Labute approximate surface area is 214 Å². The molecule has 0 unspecified atom stereocenters. The van der Waals surface area contributed by atoms with Gasteiger partial charge in [0, 0.05) is 62.8 Å². The number of H-pyrrole nitrogens is 1. The van der Waals surface area contributed by atoms with Gasteiger partial charge >= 0.3 is 0 Å². The number of fused-ring (bicyclic) bond motifs is 1. The molecule has 1 saturated heterocycles. The molecule has 11 heteroatoms. The SMILES string of the molecule is Cc1c(NCCN(C)C)cc(OCC(C)(C)F)cc1N1CCN(c2ncnc3n[nH]c(Br)c23)CC1. The highest BCUT2D eigenvalue weighted by Gasteiger charge is 2.24. The summed E-state index contributed by atoms with van der Waals surface area (Å²) in [6, 6.07) is 4.01. The first-order valence-corrected chi connectivity index (χ1v) is 12.6. The Morgan fingerprint density at radius 2 is 1.89 bits per heavy atom. The van der Waals surface area contributed by atoms with Crippen molar-refractivity contribution in [3.05, 3.63) is 28.6 Å².